The van der Waals surface area contributed by atoms with Crippen LogP contribution in [0.5, 0.6) is 0 Å². The molecule has 0 saturated carbocycles. The highest BCUT2D eigenvalue weighted by atomic mass is 16.2. The van der Waals surface area contributed by atoms with Gasteiger partial charge in [0.1, 0.15) is 5.69 Å². The first-order valence-corrected chi connectivity index (χ1v) is 6.11. The molecule has 0 radical (unpaired) electrons. The summed E-state index contributed by atoms with van der Waals surface area (Å²) in [6, 6.07) is 9.70. The minimum Gasteiger partial charge on any atom is -0.340 e. The molecule has 1 heterocycles. The van der Waals surface area contributed by atoms with E-state index in [-0.39, 0.29) is 5.91 Å². The predicted octanol–water partition coefficient (Wildman–Crippen LogP) is 1.02. The summed E-state index contributed by atoms with van der Waals surface area (Å²) < 4.78 is 1.68. The van der Waals surface area contributed by atoms with E-state index in [4.69, 9.17) is 5.73 Å². The van der Waals surface area contributed by atoms with Crippen LogP contribution in [0.25, 0.3) is 0 Å². The summed E-state index contributed by atoms with van der Waals surface area (Å²) in [4.78, 5) is 16.2. The lowest BCUT2D eigenvalue weighted by Gasteiger charge is -2.30. The molecule has 1 aromatic heterocycles. The molecule has 0 spiro atoms. The van der Waals surface area contributed by atoms with Gasteiger partial charge in [-0.15, -0.1) is 0 Å². The van der Waals surface area contributed by atoms with Crippen LogP contribution in [-0.4, -0.2) is 22.0 Å². The zero-order valence-electron chi connectivity index (χ0n) is 11.1. The first-order valence-electron chi connectivity index (χ1n) is 6.11. The Bertz CT molecular complexity index is 564. The van der Waals surface area contributed by atoms with Gasteiger partial charge in [-0.2, -0.15) is 0 Å². The summed E-state index contributed by atoms with van der Waals surface area (Å²) in [5.41, 5.74) is 6.74. The molecule has 0 aliphatic heterocycles. The second kappa shape index (κ2) is 5.24. The van der Waals surface area contributed by atoms with Crippen LogP contribution in [0.2, 0.25) is 0 Å². The number of carbonyl (C=O) groups is 1. The van der Waals surface area contributed by atoms with Crippen molar-refractivity contribution in [2.75, 3.05) is 6.54 Å². The van der Waals surface area contributed by atoms with Gasteiger partial charge in [0, 0.05) is 13.6 Å². The second-order valence-corrected chi connectivity index (χ2v) is 4.75. The predicted molar refractivity (Wildman–Crippen MR) is 73.5 cm³/mol. The van der Waals surface area contributed by atoms with E-state index in [0.29, 0.717) is 12.2 Å². The molecule has 0 saturated heterocycles. The molecule has 5 nitrogen and oxygen atoms in total. The van der Waals surface area contributed by atoms with Crippen molar-refractivity contribution in [3.63, 3.8) is 0 Å². The molecule has 1 atom stereocenters. The zero-order valence-corrected chi connectivity index (χ0v) is 11.1. The van der Waals surface area contributed by atoms with Crippen molar-refractivity contribution in [1.29, 1.82) is 0 Å². The number of nitrogens with two attached hydrogens (primary N) is 1. The number of rotatable bonds is 4. The maximum atomic E-state index is 12.2. The van der Waals surface area contributed by atoms with Crippen LogP contribution in [0.3, 0.4) is 0 Å². The van der Waals surface area contributed by atoms with Crippen LogP contribution in [0.15, 0.2) is 42.9 Å². The number of nitrogens with one attached hydrogen (secondary N) is 1. The van der Waals surface area contributed by atoms with Gasteiger partial charge in [-0.3, -0.25) is 4.79 Å². The van der Waals surface area contributed by atoms with Gasteiger partial charge in [0.05, 0.1) is 18.1 Å². The molecule has 3 N–H and O–H groups in total. The quantitative estimate of drug-likeness (QED) is 0.860. The van der Waals surface area contributed by atoms with Crippen LogP contribution < -0.4 is 11.1 Å². The molecule has 1 aromatic carbocycles. The molecular weight excluding hydrogens is 240 g/mol. The lowest BCUT2D eigenvalue weighted by atomic mass is 9.92. The Morgan fingerprint density at radius 3 is 2.63 bits per heavy atom. The van der Waals surface area contributed by atoms with Crippen molar-refractivity contribution in [2.45, 2.75) is 12.5 Å². The summed E-state index contributed by atoms with van der Waals surface area (Å²) in [7, 11) is 1.78. The number of nitrogens with zero attached hydrogens (tertiary/aromatic N) is 2. The van der Waals surface area contributed by atoms with E-state index in [1.54, 1.807) is 17.9 Å². The van der Waals surface area contributed by atoms with Gasteiger partial charge in [-0.25, -0.2) is 4.98 Å². The molecule has 1 amide bonds. The van der Waals surface area contributed by atoms with Crippen LogP contribution in [-0.2, 0) is 12.6 Å². The van der Waals surface area contributed by atoms with Crippen LogP contribution >= 0.6 is 0 Å². The summed E-state index contributed by atoms with van der Waals surface area (Å²) in [5, 5.41) is 2.98. The smallest absolute Gasteiger partial charge is 0.270 e. The van der Waals surface area contributed by atoms with Gasteiger partial charge in [0.25, 0.3) is 5.91 Å². The number of aryl methyl sites for hydroxylation is 1. The minimum absolute atomic E-state index is 0.184. The molecule has 1 unspecified atom stereocenters. The van der Waals surface area contributed by atoms with E-state index >= 15 is 0 Å². The van der Waals surface area contributed by atoms with Gasteiger partial charge in [-0.05, 0) is 12.5 Å². The van der Waals surface area contributed by atoms with Gasteiger partial charge in [0.2, 0.25) is 0 Å². The number of hydrogen-bond donors (Lipinski definition) is 2. The Morgan fingerprint density at radius 2 is 2.11 bits per heavy atom. The summed E-state index contributed by atoms with van der Waals surface area (Å²) in [6.07, 6.45) is 3.13. The standard InChI is InChI=1S/C14H18N4O/c1-14(9-15,11-6-4-3-5-7-11)17-13(19)12-8-16-10-18(12)2/h3-8,10H,9,15H2,1-2H3,(H,17,19). The summed E-state index contributed by atoms with van der Waals surface area (Å²) in [5.74, 6) is -0.184. The van der Waals surface area contributed by atoms with E-state index in [1.807, 2.05) is 37.3 Å². The molecule has 5 heteroatoms. The molecule has 19 heavy (non-hydrogen) atoms. The zero-order chi connectivity index (χ0) is 13.9. The minimum atomic E-state index is -0.595. The fourth-order valence-electron chi connectivity index (χ4n) is 1.94. The maximum absolute atomic E-state index is 12.2. The highest BCUT2D eigenvalue weighted by molar-refractivity contribution is 5.93. The lowest BCUT2D eigenvalue weighted by molar-refractivity contribution is 0.0899. The maximum Gasteiger partial charge on any atom is 0.270 e. The van der Waals surface area contributed by atoms with E-state index in [2.05, 4.69) is 10.3 Å². The van der Waals surface area contributed by atoms with Crippen molar-refractivity contribution < 1.29 is 4.79 Å². The number of imidazole rings is 1. The number of hydrogen-bond acceptors (Lipinski definition) is 3. The molecule has 0 aliphatic rings. The second-order valence-electron chi connectivity index (χ2n) is 4.75. The summed E-state index contributed by atoms with van der Waals surface area (Å²) in [6.45, 7) is 2.23. The molecular formula is C14H18N4O. The average Bonchev–Trinajstić information content (AvgIpc) is 2.86. The Labute approximate surface area is 112 Å². The third-order valence-corrected chi connectivity index (χ3v) is 3.26. The third-order valence-electron chi connectivity index (χ3n) is 3.26. The van der Waals surface area contributed by atoms with E-state index in [0.717, 1.165) is 5.56 Å². The van der Waals surface area contributed by atoms with Crippen LogP contribution in [0.1, 0.15) is 23.0 Å². The average molecular weight is 258 g/mol. The van der Waals surface area contributed by atoms with Gasteiger partial charge in [-0.1, -0.05) is 30.3 Å². The Hall–Kier alpha value is -2.14. The topological polar surface area (TPSA) is 72.9 Å². The Balaban J connectivity index is 2.25. The van der Waals surface area contributed by atoms with Gasteiger partial charge in [0.15, 0.2) is 0 Å². The van der Waals surface area contributed by atoms with Crippen molar-refractivity contribution in [2.24, 2.45) is 12.8 Å². The number of carbonyl (C=O) groups excluding carboxylic acids is 1. The largest absolute Gasteiger partial charge is 0.340 e. The normalized spacial score (nSPS) is 13.8. The lowest BCUT2D eigenvalue weighted by Crippen LogP contribution is -2.49. The molecule has 0 aliphatic carbocycles. The third kappa shape index (κ3) is 2.66. The number of benzene rings is 1. The highest BCUT2D eigenvalue weighted by Crippen LogP contribution is 2.19. The monoisotopic (exact) mass is 258 g/mol. The fraction of sp³-hybridized carbons (Fsp3) is 0.286. The Kier molecular flexibility index (Phi) is 3.66. The fourth-order valence-corrected chi connectivity index (χ4v) is 1.94. The Morgan fingerprint density at radius 1 is 1.42 bits per heavy atom. The van der Waals surface area contributed by atoms with E-state index < -0.39 is 5.54 Å². The molecule has 100 valence electrons. The molecule has 2 aromatic rings. The molecule has 0 bridgehead atoms. The van der Waals surface area contributed by atoms with Crippen molar-refractivity contribution >= 4 is 5.91 Å². The van der Waals surface area contributed by atoms with E-state index in [9.17, 15) is 4.79 Å². The van der Waals surface area contributed by atoms with Crippen molar-refractivity contribution in [1.82, 2.24) is 14.9 Å². The first kappa shape index (κ1) is 13.3. The molecule has 0 fully saturated rings. The van der Waals surface area contributed by atoms with E-state index in [1.165, 1.54) is 6.20 Å². The van der Waals surface area contributed by atoms with Crippen molar-refractivity contribution in [3.8, 4) is 0 Å². The SMILES string of the molecule is Cn1cncc1C(=O)NC(C)(CN)c1ccccc1. The van der Waals surface area contributed by atoms with Crippen molar-refractivity contribution in [3.05, 3.63) is 54.1 Å². The van der Waals surface area contributed by atoms with Crippen LogP contribution in [0, 0.1) is 0 Å². The summed E-state index contributed by atoms with van der Waals surface area (Å²) >= 11 is 0. The van der Waals surface area contributed by atoms with Gasteiger partial charge >= 0.3 is 0 Å². The van der Waals surface area contributed by atoms with Crippen LogP contribution in [0.4, 0.5) is 0 Å². The molecule has 2 rings (SSSR count). The highest BCUT2D eigenvalue weighted by Gasteiger charge is 2.28. The van der Waals surface area contributed by atoms with Gasteiger partial charge < -0.3 is 15.6 Å². The first-order chi connectivity index (χ1) is 9.07. The number of amides is 1. The number of aromatic nitrogens is 2.